The van der Waals surface area contributed by atoms with E-state index in [4.69, 9.17) is 4.98 Å². The first-order valence-corrected chi connectivity index (χ1v) is 8.46. The summed E-state index contributed by atoms with van der Waals surface area (Å²) in [6, 6.07) is 10.5. The first kappa shape index (κ1) is 14.4. The molecule has 0 atom stereocenters. The Labute approximate surface area is 128 Å². The molecule has 21 heavy (non-hydrogen) atoms. The van der Waals surface area contributed by atoms with Crippen molar-refractivity contribution in [1.82, 2.24) is 9.97 Å². The van der Waals surface area contributed by atoms with E-state index < -0.39 is 0 Å². The molecular weight excluding hydrogens is 256 g/mol. The molecule has 2 aromatic rings. The topological polar surface area (TPSA) is 28.7 Å². The van der Waals surface area contributed by atoms with Crippen LogP contribution in [0.2, 0.25) is 0 Å². The lowest BCUT2D eigenvalue weighted by molar-refractivity contribution is 0.519. The molecule has 1 heterocycles. The average molecular weight is 282 g/mol. The molecule has 1 aliphatic rings. The van der Waals surface area contributed by atoms with Crippen LogP contribution in [-0.4, -0.2) is 9.97 Å². The Morgan fingerprint density at radius 1 is 0.905 bits per heavy atom. The highest BCUT2D eigenvalue weighted by molar-refractivity contribution is 5.61. The number of hydrogen-bond acceptors (Lipinski definition) is 1. The Balaban J connectivity index is 1.82. The van der Waals surface area contributed by atoms with Crippen molar-refractivity contribution in [1.29, 1.82) is 0 Å². The number of aromatic nitrogens is 2. The van der Waals surface area contributed by atoms with Crippen molar-refractivity contribution in [2.45, 2.75) is 64.2 Å². The van der Waals surface area contributed by atoms with Crippen LogP contribution in [0, 0.1) is 6.92 Å². The van der Waals surface area contributed by atoms with Crippen LogP contribution in [0.3, 0.4) is 0 Å². The maximum absolute atomic E-state index is 4.95. The van der Waals surface area contributed by atoms with Gasteiger partial charge in [-0.2, -0.15) is 0 Å². The molecule has 0 radical (unpaired) electrons. The molecule has 112 valence electrons. The zero-order valence-corrected chi connectivity index (χ0v) is 13.1. The van der Waals surface area contributed by atoms with Crippen molar-refractivity contribution >= 4 is 0 Å². The summed E-state index contributed by atoms with van der Waals surface area (Å²) in [7, 11) is 0. The summed E-state index contributed by atoms with van der Waals surface area (Å²) < 4.78 is 0. The molecule has 0 unspecified atom stereocenters. The first-order valence-electron chi connectivity index (χ1n) is 8.46. The van der Waals surface area contributed by atoms with Gasteiger partial charge in [-0.15, -0.1) is 0 Å². The molecule has 1 N–H and O–H groups in total. The second kappa shape index (κ2) is 6.93. The van der Waals surface area contributed by atoms with Crippen molar-refractivity contribution in [2.24, 2.45) is 0 Å². The molecule has 0 spiro atoms. The Morgan fingerprint density at radius 2 is 1.52 bits per heavy atom. The predicted molar refractivity (Wildman–Crippen MR) is 88.4 cm³/mol. The van der Waals surface area contributed by atoms with E-state index in [1.807, 2.05) is 0 Å². The second-order valence-electron chi connectivity index (χ2n) is 6.36. The number of nitrogens with zero attached hydrogens (tertiary/aromatic N) is 1. The molecule has 0 bridgehead atoms. The number of imidazole rings is 1. The van der Waals surface area contributed by atoms with Gasteiger partial charge in [0.2, 0.25) is 0 Å². The van der Waals surface area contributed by atoms with Crippen LogP contribution in [0.15, 0.2) is 30.3 Å². The third kappa shape index (κ3) is 3.55. The minimum Gasteiger partial charge on any atom is -0.345 e. The van der Waals surface area contributed by atoms with Crippen molar-refractivity contribution in [2.75, 3.05) is 0 Å². The fourth-order valence-corrected chi connectivity index (χ4v) is 3.46. The molecule has 1 aliphatic carbocycles. The van der Waals surface area contributed by atoms with Crippen LogP contribution in [0.4, 0.5) is 0 Å². The normalized spacial score (nSPS) is 18.0. The van der Waals surface area contributed by atoms with Gasteiger partial charge in [-0.05, 0) is 19.8 Å². The van der Waals surface area contributed by atoms with Gasteiger partial charge in [0.1, 0.15) is 5.82 Å². The molecule has 0 amide bonds. The lowest BCUT2D eigenvalue weighted by atomic mass is 9.96. The summed E-state index contributed by atoms with van der Waals surface area (Å²) in [6.45, 7) is 2.15. The maximum atomic E-state index is 4.95. The zero-order chi connectivity index (χ0) is 14.5. The molecular formula is C19H26N2. The van der Waals surface area contributed by atoms with Crippen LogP contribution in [0.1, 0.15) is 68.8 Å². The summed E-state index contributed by atoms with van der Waals surface area (Å²) in [6.07, 6.45) is 10.9. The van der Waals surface area contributed by atoms with Crippen molar-refractivity contribution in [3.63, 3.8) is 0 Å². The lowest BCUT2D eigenvalue weighted by Gasteiger charge is -2.12. The third-order valence-corrected chi connectivity index (χ3v) is 4.69. The monoisotopic (exact) mass is 282 g/mol. The highest BCUT2D eigenvalue weighted by Gasteiger charge is 2.18. The summed E-state index contributed by atoms with van der Waals surface area (Å²) in [5.41, 5.74) is 3.56. The van der Waals surface area contributed by atoms with Gasteiger partial charge in [-0.3, -0.25) is 0 Å². The van der Waals surface area contributed by atoms with E-state index in [1.165, 1.54) is 68.4 Å². The molecule has 0 saturated heterocycles. The predicted octanol–water partition coefficient (Wildman–Crippen LogP) is 5.60. The van der Waals surface area contributed by atoms with Crippen LogP contribution < -0.4 is 0 Å². The van der Waals surface area contributed by atoms with Gasteiger partial charge in [-0.1, -0.05) is 68.9 Å². The minimum absolute atomic E-state index is 0.624. The Morgan fingerprint density at radius 3 is 2.19 bits per heavy atom. The van der Waals surface area contributed by atoms with Gasteiger partial charge in [0.25, 0.3) is 0 Å². The number of aromatic amines is 1. The molecule has 1 aromatic heterocycles. The minimum atomic E-state index is 0.624. The van der Waals surface area contributed by atoms with Gasteiger partial charge in [0.05, 0.1) is 5.69 Å². The average Bonchev–Trinajstić information content (AvgIpc) is 2.95. The summed E-state index contributed by atoms with van der Waals surface area (Å²) in [5, 5.41) is 0. The lowest BCUT2D eigenvalue weighted by Crippen LogP contribution is -2.01. The fraction of sp³-hybridized carbons (Fsp3) is 0.526. The smallest absolute Gasteiger partial charge is 0.110 e. The van der Waals surface area contributed by atoms with Gasteiger partial charge in [0.15, 0.2) is 0 Å². The van der Waals surface area contributed by atoms with Crippen molar-refractivity contribution < 1.29 is 0 Å². The Bertz CT molecular complexity index is 546. The number of rotatable bonds is 2. The first-order chi connectivity index (χ1) is 10.3. The molecule has 2 nitrogen and oxygen atoms in total. The highest BCUT2D eigenvalue weighted by Crippen LogP contribution is 2.31. The number of H-pyrrole nitrogens is 1. The van der Waals surface area contributed by atoms with Gasteiger partial charge in [-0.25, -0.2) is 4.98 Å². The Kier molecular flexibility index (Phi) is 4.74. The molecule has 3 rings (SSSR count). The van der Waals surface area contributed by atoms with Crippen LogP contribution in [0.25, 0.3) is 11.3 Å². The van der Waals surface area contributed by atoms with E-state index in [9.17, 15) is 0 Å². The Hall–Kier alpha value is -1.57. The summed E-state index contributed by atoms with van der Waals surface area (Å²) in [5.74, 6) is 1.84. The van der Waals surface area contributed by atoms with E-state index in [1.54, 1.807) is 0 Å². The number of nitrogens with one attached hydrogen (secondary N) is 1. The highest BCUT2D eigenvalue weighted by atomic mass is 14.9. The summed E-state index contributed by atoms with van der Waals surface area (Å²) >= 11 is 0. The number of hydrogen-bond donors (Lipinski definition) is 1. The standard InChI is InChI=1S/C19H26N2/c1-15-18(16-11-9-6-10-12-16)21-19(20-15)17-13-7-4-2-3-5-8-14-17/h6,9-12,17H,2-5,7-8,13-14H2,1H3,(H,20,21). The summed E-state index contributed by atoms with van der Waals surface area (Å²) in [4.78, 5) is 8.52. The number of benzene rings is 1. The second-order valence-corrected chi connectivity index (χ2v) is 6.36. The van der Waals surface area contributed by atoms with Crippen molar-refractivity contribution in [3.05, 3.63) is 41.9 Å². The largest absolute Gasteiger partial charge is 0.345 e. The molecule has 1 fully saturated rings. The van der Waals surface area contributed by atoms with E-state index in [-0.39, 0.29) is 0 Å². The van der Waals surface area contributed by atoms with Crippen molar-refractivity contribution in [3.8, 4) is 11.3 Å². The third-order valence-electron chi connectivity index (χ3n) is 4.69. The van der Waals surface area contributed by atoms with Gasteiger partial charge >= 0.3 is 0 Å². The molecule has 2 heteroatoms. The molecule has 1 aromatic carbocycles. The van der Waals surface area contributed by atoms with Gasteiger partial charge in [0, 0.05) is 17.2 Å². The zero-order valence-electron chi connectivity index (χ0n) is 13.1. The fourth-order valence-electron chi connectivity index (χ4n) is 3.46. The quantitative estimate of drug-likeness (QED) is 0.762. The van der Waals surface area contributed by atoms with E-state index in [2.05, 4.69) is 42.2 Å². The van der Waals surface area contributed by atoms with E-state index >= 15 is 0 Å². The molecule has 0 aliphatic heterocycles. The SMILES string of the molecule is Cc1[nH]c(C2CCCCCCCC2)nc1-c1ccccc1. The van der Waals surface area contributed by atoms with Crippen LogP contribution >= 0.6 is 0 Å². The molecule has 1 saturated carbocycles. The maximum Gasteiger partial charge on any atom is 0.110 e. The van der Waals surface area contributed by atoms with E-state index in [0.29, 0.717) is 5.92 Å². The van der Waals surface area contributed by atoms with Crippen LogP contribution in [0.5, 0.6) is 0 Å². The van der Waals surface area contributed by atoms with Crippen LogP contribution in [-0.2, 0) is 0 Å². The van der Waals surface area contributed by atoms with Gasteiger partial charge < -0.3 is 4.98 Å². The number of aryl methyl sites for hydroxylation is 1. The van der Waals surface area contributed by atoms with E-state index in [0.717, 1.165) is 5.69 Å².